The van der Waals surface area contributed by atoms with Crippen LogP contribution in [0.25, 0.3) is 22.2 Å². The molecule has 1 atom stereocenters. The second-order valence-electron chi connectivity index (χ2n) is 7.09. The Labute approximate surface area is 173 Å². The molecule has 0 spiro atoms. The van der Waals surface area contributed by atoms with Crippen LogP contribution in [-0.2, 0) is 11.8 Å². The van der Waals surface area contributed by atoms with Gasteiger partial charge in [-0.25, -0.2) is 0 Å². The molecule has 1 aliphatic heterocycles. The van der Waals surface area contributed by atoms with Crippen molar-refractivity contribution in [2.45, 2.75) is 31.2 Å². The number of rotatable bonds is 3. The van der Waals surface area contributed by atoms with E-state index in [4.69, 9.17) is 0 Å². The number of carbonyl (C=O) groups excluding carboxylic acids is 1. The lowest BCUT2D eigenvalue weighted by Gasteiger charge is -2.36. The minimum atomic E-state index is -4.39. The fourth-order valence-corrected chi connectivity index (χ4v) is 5.17. The molecule has 0 saturated carbocycles. The number of benzene rings is 2. The van der Waals surface area contributed by atoms with E-state index < -0.39 is 10.9 Å². The highest BCUT2D eigenvalue weighted by Crippen LogP contribution is 2.48. The van der Waals surface area contributed by atoms with Crippen molar-refractivity contribution >= 4 is 44.5 Å². The zero-order chi connectivity index (χ0) is 20.3. The van der Waals surface area contributed by atoms with Crippen LogP contribution >= 0.6 is 27.7 Å². The Bertz CT molecular complexity index is 1100. The summed E-state index contributed by atoms with van der Waals surface area (Å²) in [7, 11) is 0. The maximum Gasteiger partial charge on any atom is 0.441 e. The monoisotopic (exact) mass is 467 g/mol. The fraction of sp³-hybridized carbons (Fsp3) is 0.286. The lowest BCUT2D eigenvalue weighted by molar-refractivity contribution is -0.0329. The molecule has 0 fully saturated rings. The largest absolute Gasteiger partial charge is 0.441 e. The third kappa shape index (κ3) is 2.90. The second-order valence-corrected chi connectivity index (χ2v) is 9.05. The molecule has 7 heteroatoms. The predicted octanol–water partition coefficient (Wildman–Crippen LogP) is 6.80. The SMILES string of the molecule is CCc1c2n(c3ccc(Br)cc13)C(=O)[C@@](C)(CSC(F)(F)F)c1ccccc1-2. The summed E-state index contributed by atoms with van der Waals surface area (Å²) in [5.41, 5.74) is -1.62. The van der Waals surface area contributed by atoms with Crippen molar-refractivity contribution in [3.8, 4) is 11.3 Å². The molecule has 1 aliphatic rings. The Hall–Kier alpha value is -1.73. The van der Waals surface area contributed by atoms with Crippen LogP contribution in [0, 0.1) is 0 Å². The van der Waals surface area contributed by atoms with Crippen LogP contribution in [0.2, 0.25) is 0 Å². The minimum Gasteiger partial charge on any atom is -0.279 e. The molecule has 0 radical (unpaired) electrons. The number of nitrogens with zero attached hydrogens (tertiary/aromatic N) is 1. The molecule has 146 valence electrons. The van der Waals surface area contributed by atoms with E-state index in [0.29, 0.717) is 12.0 Å². The summed E-state index contributed by atoms with van der Waals surface area (Å²) in [4.78, 5) is 13.6. The van der Waals surface area contributed by atoms with Crippen molar-refractivity contribution in [3.63, 3.8) is 0 Å². The van der Waals surface area contributed by atoms with Gasteiger partial charge in [0.15, 0.2) is 0 Å². The zero-order valence-corrected chi connectivity index (χ0v) is 17.6. The molecular weight excluding hydrogens is 451 g/mol. The van der Waals surface area contributed by atoms with Gasteiger partial charge in [-0.15, -0.1) is 0 Å². The van der Waals surface area contributed by atoms with Crippen LogP contribution in [0.15, 0.2) is 46.9 Å². The van der Waals surface area contributed by atoms with Crippen LogP contribution in [0.5, 0.6) is 0 Å². The van der Waals surface area contributed by atoms with Gasteiger partial charge in [-0.2, -0.15) is 13.2 Å². The predicted molar refractivity (Wildman–Crippen MR) is 111 cm³/mol. The van der Waals surface area contributed by atoms with E-state index in [1.54, 1.807) is 23.6 Å². The van der Waals surface area contributed by atoms with Gasteiger partial charge < -0.3 is 0 Å². The molecule has 0 amide bonds. The number of thioether (sulfide) groups is 1. The summed E-state index contributed by atoms with van der Waals surface area (Å²) in [6.07, 6.45) is 0.713. The summed E-state index contributed by atoms with van der Waals surface area (Å²) in [6, 6.07) is 13.0. The van der Waals surface area contributed by atoms with Crippen molar-refractivity contribution < 1.29 is 18.0 Å². The smallest absolute Gasteiger partial charge is 0.279 e. The highest BCUT2D eigenvalue weighted by atomic mass is 79.9. The quantitative estimate of drug-likeness (QED) is 0.422. The standard InChI is InChI=1S/C21H17BrF3NOS/c1-3-13-15-10-12(22)8-9-17(15)26-18(13)14-6-4-5-7-16(14)20(2,19(26)27)11-28-21(23,24)25/h4-10H,3,11H2,1-2H3/t20-/m0/s1. The van der Waals surface area contributed by atoms with Crippen molar-refractivity contribution in [2.75, 3.05) is 5.75 Å². The first-order chi connectivity index (χ1) is 13.2. The van der Waals surface area contributed by atoms with Gasteiger partial charge in [-0.1, -0.05) is 47.1 Å². The number of hydrogen-bond acceptors (Lipinski definition) is 2. The number of carbonyl (C=O) groups is 1. The number of aromatic nitrogens is 1. The highest BCUT2D eigenvalue weighted by Gasteiger charge is 2.46. The van der Waals surface area contributed by atoms with Gasteiger partial charge in [0.2, 0.25) is 5.91 Å². The average Bonchev–Trinajstić information content (AvgIpc) is 2.97. The van der Waals surface area contributed by atoms with Crippen LogP contribution in [0.4, 0.5) is 13.2 Å². The summed E-state index contributed by atoms with van der Waals surface area (Å²) < 4.78 is 41.4. The topological polar surface area (TPSA) is 22.0 Å². The molecule has 4 rings (SSSR count). The van der Waals surface area contributed by atoms with Crippen molar-refractivity contribution in [2.24, 2.45) is 0 Å². The molecular formula is C21H17BrF3NOS. The third-order valence-corrected chi connectivity index (χ3v) is 6.91. The Morgan fingerprint density at radius 3 is 2.57 bits per heavy atom. The van der Waals surface area contributed by atoms with E-state index >= 15 is 0 Å². The molecule has 0 unspecified atom stereocenters. The molecule has 2 aromatic carbocycles. The summed E-state index contributed by atoms with van der Waals surface area (Å²) in [6.45, 7) is 3.64. The van der Waals surface area contributed by atoms with Crippen molar-refractivity contribution in [1.29, 1.82) is 0 Å². The molecule has 2 heterocycles. The fourth-order valence-electron chi connectivity index (χ4n) is 4.08. The molecule has 28 heavy (non-hydrogen) atoms. The lowest BCUT2D eigenvalue weighted by atomic mass is 9.77. The van der Waals surface area contributed by atoms with Crippen molar-refractivity contribution in [3.05, 3.63) is 58.1 Å². The van der Waals surface area contributed by atoms with Crippen LogP contribution in [-0.4, -0.2) is 21.7 Å². The second kappa shape index (κ2) is 6.66. The summed E-state index contributed by atoms with van der Waals surface area (Å²) >= 11 is 3.34. The maximum atomic E-state index is 13.6. The van der Waals surface area contributed by atoms with E-state index in [-0.39, 0.29) is 23.4 Å². The molecule has 0 aliphatic carbocycles. The van der Waals surface area contributed by atoms with Crippen LogP contribution in [0.3, 0.4) is 0 Å². The average molecular weight is 468 g/mol. The molecule has 0 N–H and O–H groups in total. The Kier molecular flexibility index (Phi) is 4.66. The van der Waals surface area contributed by atoms with E-state index in [2.05, 4.69) is 15.9 Å². The first kappa shape index (κ1) is 19.6. The number of aryl methyl sites for hydroxylation is 1. The van der Waals surface area contributed by atoms with Gasteiger partial charge in [0.05, 0.1) is 16.6 Å². The molecule has 2 nitrogen and oxygen atoms in total. The summed E-state index contributed by atoms with van der Waals surface area (Å²) in [5, 5.41) is 0.947. The highest BCUT2D eigenvalue weighted by molar-refractivity contribution is 9.10. The number of alkyl halides is 3. The lowest BCUT2D eigenvalue weighted by Crippen LogP contribution is -2.43. The van der Waals surface area contributed by atoms with E-state index in [1.807, 2.05) is 37.3 Å². The van der Waals surface area contributed by atoms with Gasteiger partial charge in [-0.05, 0) is 54.4 Å². The number of fused-ring (bicyclic) bond motifs is 5. The van der Waals surface area contributed by atoms with Gasteiger partial charge in [0.25, 0.3) is 0 Å². The van der Waals surface area contributed by atoms with E-state index in [1.165, 1.54) is 0 Å². The molecule has 1 aromatic heterocycles. The van der Waals surface area contributed by atoms with Gasteiger partial charge in [0, 0.05) is 21.2 Å². The normalized spacial score (nSPS) is 19.0. The molecule has 0 saturated heterocycles. The molecule has 3 aromatic rings. The number of halogens is 4. The van der Waals surface area contributed by atoms with Gasteiger partial charge in [0.1, 0.15) is 0 Å². The Morgan fingerprint density at radius 2 is 1.89 bits per heavy atom. The summed E-state index contributed by atoms with van der Waals surface area (Å²) in [5.74, 6) is -0.673. The number of hydrogen-bond donors (Lipinski definition) is 0. The minimum absolute atomic E-state index is 0.140. The maximum absolute atomic E-state index is 13.6. The van der Waals surface area contributed by atoms with E-state index in [9.17, 15) is 18.0 Å². The van der Waals surface area contributed by atoms with E-state index in [0.717, 1.165) is 32.2 Å². The van der Waals surface area contributed by atoms with Crippen LogP contribution in [0.1, 0.15) is 29.8 Å². The Balaban J connectivity index is 2.03. The van der Waals surface area contributed by atoms with Crippen LogP contribution < -0.4 is 0 Å². The van der Waals surface area contributed by atoms with Gasteiger partial charge in [-0.3, -0.25) is 9.36 Å². The third-order valence-electron chi connectivity index (χ3n) is 5.36. The van der Waals surface area contributed by atoms with Crippen molar-refractivity contribution in [1.82, 2.24) is 4.57 Å². The first-order valence-corrected chi connectivity index (χ1v) is 10.6. The zero-order valence-electron chi connectivity index (χ0n) is 15.2. The Morgan fingerprint density at radius 1 is 1.18 bits per heavy atom. The van der Waals surface area contributed by atoms with Gasteiger partial charge >= 0.3 is 5.51 Å². The molecule has 0 bridgehead atoms. The first-order valence-electron chi connectivity index (χ1n) is 8.85.